The average molecular weight is 496 g/mol. The van der Waals surface area contributed by atoms with Crippen LogP contribution in [0.1, 0.15) is 42.5 Å². The number of halogens is 1. The van der Waals surface area contributed by atoms with E-state index in [4.69, 9.17) is 16.3 Å². The molecular weight excluding hydrogens is 470 g/mol. The van der Waals surface area contributed by atoms with Crippen LogP contribution in [-0.2, 0) is 22.6 Å². The quantitative estimate of drug-likeness (QED) is 0.508. The first-order valence-electron chi connectivity index (χ1n) is 12.0. The molecule has 0 aliphatic carbocycles. The normalized spacial score (nSPS) is 20.1. The summed E-state index contributed by atoms with van der Waals surface area (Å²) in [6.45, 7) is 3.06. The number of pyridine rings is 1. The van der Waals surface area contributed by atoms with Gasteiger partial charge in [0.25, 0.3) is 5.91 Å². The molecule has 0 saturated carbocycles. The lowest BCUT2D eigenvalue weighted by Gasteiger charge is -2.28. The Kier molecular flexibility index (Phi) is 5.70. The number of rotatable bonds is 4. The fourth-order valence-corrected chi connectivity index (χ4v) is 6.72. The van der Waals surface area contributed by atoms with E-state index in [0.717, 1.165) is 76.4 Å². The Balaban J connectivity index is 1.34. The maximum atomic E-state index is 13.1. The number of carbonyl (C=O) groups excluding carboxylic acids is 2. The van der Waals surface area contributed by atoms with Crippen LogP contribution in [-0.4, -0.2) is 52.3 Å². The maximum Gasteiger partial charge on any atom is 0.263 e. The van der Waals surface area contributed by atoms with Crippen molar-refractivity contribution in [3.8, 4) is 16.9 Å². The van der Waals surface area contributed by atoms with Crippen LogP contribution in [0.4, 0.5) is 0 Å². The molecule has 3 aromatic rings. The van der Waals surface area contributed by atoms with Gasteiger partial charge in [-0.2, -0.15) is 0 Å². The standard InChI is InChI=1S/C26H26ClN3O3S/c27-17-11-16-12-22(26(32)29-8-2-1-3-9-29)33-24(16)20(13-17)19-6-7-28-21-14-18(34-25(19)21)15-30-10-4-5-23(30)31/h6-7,11,13-14,22H,1-5,8-10,12,15H2. The van der Waals surface area contributed by atoms with Gasteiger partial charge in [0.2, 0.25) is 5.91 Å². The molecule has 0 N–H and O–H groups in total. The summed E-state index contributed by atoms with van der Waals surface area (Å²) in [7, 11) is 0. The highest BCUT2D eigenvalue weighted by atomic mass is 35.5. The number of piperidine rings is 1. The zero-order chi connectivity index (χ0) is 23.2. The van der Waals surface area contributed by atoms with Crippen molar-refractivity contribution < 1.29 is 14.3 Å². The average Bonchev–Trinajstić information content (AvgIpc) is 3.56. The second kappa shape index (κ2) is 8.86. The summed E-state index contributed by atoms with van der Waals surface area (Å²) in [4.78, 5) is 34.8. The number of fused-ring (bicyclic) bond motifs is 2. The number of hydrogen-bond acceptors (Lipinski definition) is 5. The van der Waals surface area contributed by atoms with E-state index in [-0.39, 0.29) is 11.8 Å². The van der Waals surface area contributed by atoms with E-state index in [9.17, 15) is 9.59 Å². The molecule has 5 heterocycles. The molecule has 2 saturated heterocycles. The van der Waals surface area contributed by atoms with Gasteiger partial charge < -0.3 is 14.5 Å². The van der Waals surface area contributed by atoms with Gasteiger partial charge >= 0.3 is 0 Å². The van der Waals surface area contributed by atoms with Gasteiger partial charge in [0, 0.05) is 65.3 Å². The van der Waals surface area contributed by atoms with Crippen LogP contribution in [0.15, 0.2) is 30.5 Å². The van der Waals surface area contributed by atoms with Crippen molar-refractivity contribution in [2.75, 3.05) is 19.6 Å². The first-order chi connectivity index (χ1) is 16.6. The zero-order valence-corrected chi connectivity index (χ0v) is 20.5. The number of thiophene rings is 1. The monoisotopic (exact) mass is 495 g/mol. The SMILES string of the molecule is O=C1CCCN1Cc1cc2nccc(-c3cc(Cl)cc4c3OC(C(=O)N3CCCCC3)C4)c2s1. The highest BCUT2D eigenvalue weighted by Gasteiger charge is 2.35. The van der Waals surface area contributed by atoms with E-state index >= 15 is 0 Å². The van der Waals surface area contributed by atoms with Crippen LogP contribution < -0.4 is 4.74 Å². The van der Waals surface area contributed by atoms with E-state index in [0.29, 0.717) is 24.4 Å². The second-order valence-electron chi connectivity index (χ2n) is 9.34. The van der Waals surface area contributed by atoms with Crippen molar-refractivity contribution in [2.45, 2.75) is 51.2 Å². The summed E-state index contributed by atoms with van der Waals surface area (Å²) in [5, 5.41) is 0.632. The lowest BCUT2D eigenvalue weighted by molar-refractivity contribution is -0.138. The number of ether oxygens (including phenoxy) is 1. The van der Waals surface area contributed by atoms with Crippen LogP contribution in [0.2, 0.25) is 5.02 Å². The Morgan fingerprint density at radius 2 is 1.97 bits per heavy atom. The molecule has 2 fully saturated rings. The van der Waals surface area contributed by atoms with Crippen LogP contribution in [0, 0.1) is 0 Å². The number of carbonyl (C=O) groups is 2. The van der Waals surface area contributed by atoms with Crippen LogP contribution in [0.25, 0.3) is 21.3 Å². The molecule has 34 heavy (non-hydrogen) atoms. The minimum Gasteiger partial charge on any atom is -0.479 e. The molecule has 8 heteroatoms. The number of aromatic nitrogens is 1. The summed E-state index contributed by atoms with van der Waals surface area (Å²) in [6, 6.07) is 7.90. The molecule has 0 bridgehead atoms. The van der Waals surface area contributed by atoms with Gasteiger partial charge in [0.05, 0.1) is 16.8 Å². The predicted molar refractivity (Wildman–Crippen MR) is 133 cm³/mol. The van der Waals surface area contributed by atoms with Crippen molar-refractivity contribution in [3.63, 3.8) is 0 Å². The van der Waals surface area contributed by atoms with E-state index < -0.39 is 6.10 Å². The van der Waals surface area contributed by atoms with Crippen molar-refractivity contribution in [1.82, 2.24) is 14.8 Å². The number of nitrogens with zero attached hydrogens (tertiary/aromatic N) is 3. The van der Waals surface area contributed by atoms with E-state index in [1.54, 1.807) is 17.5 Å². The van der Waals surface area contributed by atoms with E-state index in [1.807, 2.05) is 28.0 Å². The highest BCUT2D eigenvalue weighted by molar-refractivity contribution is 7.19. The summed E-state index contributed by atoms with van der Waals surface area (Å²) in [5.41, 5.74) is 3.77. The fourth-order valence-electron chi connectivity index (χ4n) is 5.32. The zero-order valence-electron chi connectivity index (χ0n) is 18.9. The fraction of sp³-hybridized carbons (Fsp3) is 0.423. The molecule has 6 nitrogen and oxygen atoms in total. The molecular formula is C26H26ClN3O3S. The van der Waals surface area contributed by atoms with E-state index in [1.165, 1.54) is 6.42 Å². The Labute approximate surface area is 207 Å². The van der Waals surface area contributed by atoms with Crippen LogP contribution >= 0.6 is 22.9 Å². The molecule has 2 amide bonds. The molecule has 2 aromatic heterocycles. The Morgan fingerprint density at radius 3 is 2.76 bits per heavy atom. The molecule has 0 radical (unpaired) electrons. The van der Waals surface area contributed by atoms with Gasteiger partial charge in [0.15, 0.2) is 6.10 Å². The number of benzene rings is 1. The van der Waals surface area contributed by atoms with Crippen molar-refractivity contribution in [2.24, 2.45) is 0 Å². The number of amides is 2. The topological polar surface area (TPSA) is 62.7 Å². The lowest BCUT2D eigenvalue weighted by Crippen LogP contribution is -2.43. The minimum atomic E-state index is -0.497. The van der Waals surface area contributed by atoms with Crippen molar-refractivity contribution >= 4 is 45.0 Å². The minimum absolute atomic E-state index is 0.0755. The van der Waals surface area contributed by atoms with Gasteiger partial charge in [-0.15, -0.1) is 11.3 Å². The number of likely N-dealkylation sites (tertiary alicyclic amines) is 2. The van der Waals surface area contributed by atoms with Gasteiger partial charge in [-0.3, -0.25) is 14.6 Å². The van der Waals surface area contributed by atoms with Gasteiger partial charge in [-0.25, -0.2) is 0 Å². The largest absolute Gasteiger partial charge is 0.479 e. The summed E-state index contributed by atoms with van der Waals surface area (Å²) < 4.78 is 7.37. The van der Waals surface area contributed by atoms with Crippen LogP contribution in [0.3, 0.4) is 0 Å². The van der Waals surface area contributed by atoms with Crippen molar-refractivity contribution in [3.05, 3.63) is 45.9 Å². The molecule has 1 aromatic carbocycles. The third kappa shape index (κ3) is 3.95. The molecule has 3 aliphatic rings. The summed E-state index contributed by atoms with van der Waals surface area (Å²) in [5.74, 6) is 1.04. The molecule has 1 atom stereocenters. The summed E-state index contributed by atoms with van der Waals surface area (Å²) in [6.07, 6.45) is 6.70. The third-order valence-electron chi connectivity index (χ3n) is 7.01. The first kappa shape index (κ1) is 21.9. The Hall–Kier alpha value is -2.64. The molecule has 6 rings (SSSR count). The Bertz CT molecular complexity index is 1280. The highest BCUT2D eigenvalue weighted by Crippen LogP contribution is 2.45. The molecule has 0 spiro atoms. The van der Waals surface area contributed by atoms with E-state index in [2.05, 4.69) is 11.1 Å². The lowest BCUT2D eigenvalue weighted by atomic mass is 10.0. The molecule has 1 unspecified atom stereocenters. The first-order valence-corrected chi connectivity index (χ1v) is 13.2. The third-order valence-corrected chi connectivity index (χ3v) is 8.37. The van der Waals surface area contributed by atoms with Crippen LogP contribution in [0.5, 0.6) is 5.75 Å². The van der Waals surface area contributed by atoms with Gasteiger partial charge in [-0.1, -0.05) is 11.6 Å². The maximum absolute atomic E-state index is 13.1. The molecule has 3 aliphatic heterocycles. The second-order valence-corrected chi connectivity index (χ2v) is 10.9. The smallest absolute Gasteiger partial charge is 0.263 e. The van der Waals surface area contributed by atoms with Gasteiger partial charge in [0.1, 0.15) is 5.75 Å². The Morgan fingerprint density at radius 1 is 1.12 bits per heavy atom. The van der Waals surface area contributed by atoms with Crippen molar-refractivity contribution in [1.29, 1.82) is 0 Å². The number of hydrogen-bond donors (Lipinski definition) is 0. The summed E-state index contributed by atoms with van der Waals surface area (Å²) >= 11 is 8.19. The predicted octanol–water partition coefficient (Wildman–Crippen LogP) is 5.06. The molecule has 176 valence electrons. The van der Waals surface area contributed by atoms with Gasteiger partial charge in [-0.05, 0) is 49.9 Å².